The van der Waals surface area contributed by atoms with Gasteiger partial charge in [0.1, 0.15) is 0 Å². The molecule has 3 aromatic rings. The quantitative estimate of drug-likeness (QED) is 0.172. The summed E-state index contributed by atoms with van der Waals surface area (Å²) in [6, 6.07) is 16.8. The van der Waals surface area contributed by atoms with E-state index in [1.807, 2.05) is 74.6 Å². The normalized spacial score (nSPS) is 25.8. The van der Waals surface area contributed by atoms with E-state index < -0.39 is 31.5 Å². The summed E-state index contributed by atoms with van der Waals surface area (Å²) in [4.78, 5) is 71.3. The van der Waals surface area contributed by atoms with Crippen LogP contribution in [0.25, 0.3) is 10.8 Å². The molecule has 4 aliphatic heterocycles. The van der Waals surface area contributed by atoms with Crippen LogP contribution in [0, 0.1) is 5.92 Å². The zero-order valence-electron chi connectivity index (χ0n) is 29.1. The molecule has 4 heterocycles. The van der Waals surface area contributed by atoms with Gasteiger partial charge < -0.3 is 29.2 Å². The van der Waals surface area contributed by atoms with Gasteiger partial charge >= 0.3 is 5.97 Å². The maximum atomic E-state index is 14.9. The molecule has 2 N–H and O–H groups in total. The van der Waals surface area contributed by atoms with Gasteiger partial charge in [0.15, 0.2) is 13.9 Å². The lowest BCUT2D eigenvalue weighted by atomic mass is 9.82. The second-order valence-electron chi connectivity index (χ2n) is 14.6. The van der Waals surface area contributed by atoms with Crippen molar-refractivity contribution in [3.63, 3.8) is 0 Å². The maximum Gasteiger partial charge on any atom is 0.305 e. The van der Waals surface area contributed by atoms with Crippen LogP contribution in [-0.4, -0.2) is 85.8 Å². The average Bonchev–Trinajstić information content (AvgIpc) is 3.82. The molecule has 11 nitrogen and oxygen atoms in total. The molecule has 5 atom stereocenters. The first kappa shape index (κ1) is 34.4. The Labute approximate surface area is 292 Å². The molecule has 3 aromatic carbocycles. The third kappa shape index (κ3) is 5.35. The predicted molar refractivity (Wildman–Crippen MR) is 191 cm³/mol. The fourth-order valence-electron chi connectivity index (χ4n) is 9.08. The van der Waals surface area contributed by atoms with E-state index in [0.29, 0.717) is 48.4 Å². The molecule has 264 valence electrons. The lowest BCUT2D eigenvalue weighted by Gasteiger charge is -2.33. The molecule has 2 fully saturated rings. The van der Waals surface area contributed by atoms with Crippen LogP contribution in [0.15, 0.2) is 54.6 Å². The Hall–Kier alpha value is -4.10. The number of anilines is 3. The van der Waals surface area contributed by atoms with Crippen LogP contribution in [0.3, 0.4) is 0 Å². The number of methoxy groups -OCH3 is 1. The van der Waals surface area contributed by atoms with Crippen molar-refractivity contribution in [3.05, 3.63) is 65.7 Å². The highest BCUT2D eigenvalue weighted by Crippen LogP contribution is 2.60. The molecular formula is C38H45N3O8Si. The fraction of sp³-hybridized carbons (Fsp3) is 0.474. The van der Waals surface area contributed by atoms with E-state index in [4.69, 9.17) is 9.47 Å². The van der Waals surface area contributed by atoms with Gasteiger partial charge in [-0.15, -0.1) is 0 Å². The molecule has 7 rings (SSSR count). The molecule has 3 amide bonds. The van der Waals surface area contributed by atoms with Crippen molar-refractivity contribution >= 4 is 59.8 Å². The summed E-state index contributed by atoms with van der Waals surface area (Å²) in [5.41, 5.74) is 1.23. The second-order valence-corrected chi connectivity index (χ2v) is 18.6. The standard InChI is InChI=1S/C38H45N3O8Si/c1-23-35(50(3,4)47)31(21-32(43)39-19-9-12-26(39)22-42)49-38(23)28-20-25(16-17-29(28)40(37(38)46)18-6-5-15-33(44)48-2)41-30-14-8-11-24-10-7-13-27(34(24)30)36(41)45/h7-8,10-11,13-14,16-17,20,23,26,31,35,42,47H,5-6,9,12,15,18-19,21-22H2,1-4H3/t23-,26+,31+,35-,38+/m1/s1. The molecule has 0 aromatic heterocycles. The number of carbonyl (C=O) groups is 4. The lowest BCUT2D eigenvalue weighted by molar-refractivity contribution is -0.150. The van der Waals surface area contributed by atoms with Crippen molar-refractivity contribution in [1.82, 2.24) is 4.90 Å². The van der Waals surface area contributed by atoms with E-state index in [9.17, 15) is 29.1 Å². The van der Waals surface area contributed by atoms with Crippen molar-refractivity contribution < 1.29 is 38.6 Å². The number of aliphatic hydroxyl groups excluding tert-OH is 1. The topological polar surface area (TPSA) is 137 Å². The first-order valence-electron chi connectivity index (χ1n) is 17.6. The molecule has 0 aliphatic carbocycles. The minimum absolute atomic E-state index is 0.0202. The monoisotopic (exact) mass is 699 g/mol. The zero-order valence-corrected chi connectivity index (χ0v) is 30.1. The van der Waals surface area contributed by atoms with Crippen LogP contribution in [-0.2, 0) is 29.5 Å². The Morgan fingerprint density at radius 2 is 1.82 bits per heavy atom. The first-order valence-corrected chi connectivity index (χ1v) is 20.6. The van der Waals surface area contributed by atoms with Gasteiger partial charge in [0.25, 0.3) is 11.8 Å². The summed E-state index contributed by atoms with van der Waals surface area (Å²) in [5, 5.41) is 11.8. The number of unbranched alkanes of at least 4 members (excludes halogenated alkanes) is 1. The fourth-order valence-corrected chi connectivity index (χ4v) is 11.6. The van der Waals surface area contributed by atoms with Crippen molar-refractivity contribution in [2.45, 2.75) is 81.8 Å². The van der Waals surface area contributed by atoms with Crippen LogP contribution in [0.2, 0.25) is 18.6 Å². The van der Waals surface area contributed by atoms with E-state index in [2.05, 4.69) is 0 Å². The third-order valence-corrected chi connectivity index (χ3v) is 13.8. The van der Waals surface area contributed by atoms with Crippen LogP contribution in [0.1, 0.15) is 61.4 Å². The summed E-state index contributed by atoms with van der Waals surface area (Å²) in [6.07, 6.45) is 2.06. The largest absolute Gasteiger partial charge is 0.469 e. The molecule has 1 spiro atoms. The van der Waals surface area contributed by atoms with Gasteiger partial charge in [-0.3, -0.25) is 24.1 Å². The zero-order chi connectivity index (χ0) is 35.5. The number of hydrogen-bond donors (Lipinski definition) is 2. The van der Waals surface area contributed by atoms with Gasteiger partial charge in [-0.05, 0) is 74.5 Å². The average molecular weight is 700 g/mol. The Morgan fingerprint density at radius 3 is 2.54 bits per heavy atom. The van der Waals surface area contributed by atoms with E-state index in [1.54, 1.807) is 14.7 Å². The molecule has 0 radical (unpaired) electrons. The summed E-state index contributed by atoms with van der Waals surface area (Å²) in [6.45, 7) is 6.33. The lowest BCUT2D eigenvalue weighted by Crippen LogP contribution is -2.46. The Morgan fingerprint density at radius 1 is 1.06 bits per heavy atom. The van der Waals surface area contributed by atoms with Gasteiger partial charge in [0, 0.05) is 47.6 Å². The summed E-state index contributed by atoms with van der Waals surface area (Å²) in [5.74, 6) is -1.42. The molecular weight excluding hydrogens is 655 g/mol. The second kappa shape index (κ2) is 12.9. The van der Waals surface area contributed by atoms with Crippen molar-refractivity contribution in [2.24, 2.45) is 5.92 Å². The molecule has 12 heteroatoms. The smallest absolute Gasteiger partial charge is 0.305 e. The van der Waals surface area contributed by atoms with Crippen LogP contribution in [0.5, 0.6) is 0 Å². The van der Waals surface area contributed by atoms with Crippen molar-refractivity contribution in [3.8, 4) is 0 Å². The minimum atomic E-state index is -3.05. The predicted octanol–water partition coefficient (Wildman–Crippen LogP) is 4.99. The van der Waals surface area contributed by atoms with Crippen LogP contribution < -0.4 is 9.80 Å². The summed E-state index contributed by atoms with van der Waals surface area (Å²) < 4.78 is 11.8. The number of esters is 1. The number of hydrogen-bond acceptors (Lipinski definition) is 8. The Bertz CT molecular complexity index is 1870. The number of likely N-dealkylation sites (tertiary alicyclic amines) is 1. The molecule has 2 saturated heterocycles. The highest BCUT2D eigenvalue weighted by atomic mass is 28.4. The summed E-state index contributed by atoms with van der Waals surface area (Å²) in [7, 11) is -1.70. The number of benzene rings is 3. The molecule has 0 bridgehead atoms. The van der Waals surface area contributed by atoms with Crippen molar-refractivity contribution in [1.29, 1.82) is 0 Å². The van der Waals surface area contributed by atoms with E-state index in [1.165, 1.54) is 7.11 Å². The van der Waals surface area contributed by atoms with Crippen molar-refractivity contribution in [2.75, 3.05) is 36.6 Å². The van der Waals surface area contributed by atoms with Gasteiger partial charge in [-0.1, -0.05) is 31.2 Å². The highest BCUT2D eigenvalue weighted by molar-refractivity contribution is 6.71. The molecule has 4 aliphatic rings. The van der Waals surface area contributed by atoms with Gasteiger partial charge in [0.05, 0.1) is 49.2 Å². The highest BCUT2D eigenvalue weighted by Gasteiger charge is 2.66. The van der Waals surface area contributed by atoms with Gasteiger partial charge in [-0.25, -0.2) is 0 Å². The van der Waals surface area contributed by atoms with E-state index in [0.717, 1.165) is 29.3 Å². The molecule has 0 saturated carbocycles. The summed E-state index contributed by atoms with van der Waals surface area (Å²) >= 11 is 0. The SMILES string of the molecule is COC(=O)CCCCN1C(=O)[C@@]2(O[C@@H](CC(=O)N3CCC[C@H]3CO)[C@H]([Si](C)(C)O)[C@H]2C)c2cc(N3C(=O)c4cccc5cccc3c45)ccc21. The van der Waals surface area contributed by atoms with Crippen LogP contribution in [0.4, 0.5) is 17.1 Å². The minimum Gasteiger partial charge on any atom is -0.469 e. The first-order chi connectivity index (χ1) is 23.9. The molecule has 50 heavy (non-hydrogen) atoms. The van der Waals surface area contributed by atoms with Crippen LogP contribution >= 0.6 is 0 Å². The Kier molecular flexibility index (Phi) is 8.86. The van der Waals surface area contributed by atoms with E-state index in [-0.39, 0.29) is 49.2 Å². The Balaban J connectivity index is 1.30. The number of rotatable bonds is 10. The number of amides is 3. The van der Waals surface area contributed by atoms with Gasteiger partial charge in [0.2, 0.25) is 5.91 Å². The number of carbonyl (C=O) groups excluding carboxylic acids is 4. The maximum absolute atomic E-state index is 14.9. The number of ether oxygens (including phenoxy) is 2. The third-order valence-electron chi connectivity index (χ3n) is 11.3. The number of nitrogens with zero attached hydrogens (tertiary/aromatic N) is 3. The van der Waals surface area contributed by atoms with Gasteiger partial charge in [-0.2, -0.15) is 0 Å². The number of aliphatic hydroxyl groups is 1. The number of fused-ring (bicyclic) bond motifs is 2. The molecule has 0 unspecified atom stereocenters. The van der Waals surface area contributed by atoms with E-state index >= 15 is 0 Å².